The van der Waals surface area contributed by atoms with Crippen LogP contribution in [-0.2, 0) is 0 Å². The number of benzene rings is 1. The summed E-state index contributed by atoms with van der Waals surface area (Å²) in [6.45, 7) is 4.66. The number of nitriles is 1. The largest absolute Gasteiger partial charge is 0.493 e. The van der Waals surface area contributed by atoms with Gasteiger partial charge in [0.05, 0.1) is 30.8 Å². The summed E-state index contributed by atoms with van der Waals surface area (Å²) in [6, 6.07) is 6.60. The number of hydrogen-bond acceptors (Lipinski definition) is 6. The molecule has 1 rings (SSSR count). The van der Waals surface area contributed by atoms with Gasteiger partial charge in [-0.2, -0.15) is 5.26 Å². The molecule has 0 bridgehead atoms. The first-order valence-corrected chi connectivity index (χ1v) is 6.57. The van der Waals surface area contributed by atoms with E-state index in [1.165, 1.54) is 19.2 Å². The van der Waals surface area contributed by atoms with Crippen molar-refractivity contribution in [3.63, 3.8) is 0 Å². The van der Waals surface area contributed by atoms with Gasteiger partial charge in [0.25, 0.3) is 0 Å². The quantitative estimate of drug-likeness (QED) is 0.583. The van der Waals surface area contributed by atoms with E-state index in [0.717, 1.165) is 0 Å². The molecule has 0 aliphatic rings. The first-order chi connectivity index (χ1) is 9.95. The molecule has 21 heavy (non-hydrogen) atoms. The van der Waals surface area contributed by atoms with Crippen LogP contribution in [0.3, 0.4) is 0 Å². The number of nitrogens with zero attached hydrogens (tertiary/aromatic N) is 2. The normalized spacial score (nSPS) is 13.0. The third kappa shape index (κ3) is 4.61. The molecule has 0 aliphatic carbocycles. The first-order valence-electron chi connectivity index (χ1n) is 6.57. The van der Waals surface area contributed by atoms with Crippen molar-refractivity contribution in [3.8, 4) is 17.6 Å². The first kappa shape index (κ1) is 16.7. The van der Waals surface area contributed by atoms with E-state index in [-0.39, 0.29) is 18.0 Å². The van der Waals surface area contributed by atoms with Gasteiger partial charge in [0, 0.05) is 6.42 Å². The lowest BCUT2D eigenvalue weighted by Gasteiger charge is -2.22. The molecule has 1 unspecified atom stereocenters. The molecule has 0 saturated heterocycles. The van der Waals surface area contributed by atoms with E-state index in [1.807, 2.05) is 6.92 Å². The van der Waals surface area contributed by atoms with Crippen molar-refractivity contribution in [1.82, 2.24) is 5.32 Å². The Bertz CT molecular complexity index is 542. The van der Waals surface area contributed by atoms with Crippen molar-refractivity contribution in [3.05, 3.63) is 28.3 Å². The Hall–Kier alpha value is -2.33. The van der Waals surface area contributed by atoms with Gasteiger partial charge in [-0.25, -0.2) is 0 Å². The molecule has 1 N–H and O–H groups in total. The van der Waals surface area contributed by atoms with E-state index < -0.39 is 10.5 Å². The van der Waals surface area contributed by atoms with Crippen LogP contribution in [-0.4, -0.2) is 30.7 Å². The molecule has 0 saturated carbocycles. The molecule has 7 heteroatoms. The van der Waals surface area contributed by atoms with E-state index in [0.29, 0.717) is 18.7 Å². The summed E-state index contributed by atoms with van der Waals surface area (Å²) in [7, 11) is 1.37. The topological polar surface area (TPSA) is 97.4 Å². The molecule has 0 heterocycles. The maximum atomic E-state index is 10.9. The summed E-state index contributed by atoms with van der Waals surface area (Å²) >= 11 is 0. The van der Waals surface area contributed by atoms with Crippen molar-refractivity contribution < 1.29 is 14.4 Å². The van der Waals surface area contributed by atoms with Crippen LogP contribution in [0.4, 0.5) is 5.69 Å². The van der Waals surface area contributed by atoms with Crippen LogP contribution >= 0.6 is 0 Å². The third-order valence-corrected chi connectivity index (χ3v) is 3.03. The molecule has 0 aliphatic heterocycles. The van der Waals surface area contributed by atoms with Gasteiger partial charge in [-0.15, -0.1) is 0 Å². The highest BCUT2D eigenvalue weighted by molar-refractivity contribution is 5.50. The Kier molecular flexibility index (Phi) is 5.93. The van der Waals surface area contributed by atoms with Crippen LogP contribution in [0.15, 0.2) is 18.2 Å². The zero-order valence-electron chi connectivity index (χ0n) is 12.4. The fourth-order valence-corrected chi connectivity index (χ4v) is 1.85. The summed E-state index contributed by atoms with van der Waals surface area (Å²) in [6.07, 6.45) is 0.469. The maximum Gasteiger partial charge on any atom is 0.314 e. The van der Waals surface area contributed by atoms with Crippen LogP contribution in [0.1, 0.15) is 20.3 Å². The molecular formula is C14H19N3O4. The Balaban J connectivity index is 2.70. The third-order valence-electron chi connectivity index (χ3n) is 3.03. The minimum absolute atomic E-state index is 0.148. The molecule has 114 valence electrons. The highest BCUT2D eigenvalue weighted by Crippen LogP contribution is 2.30. The highest BCUT2D eigenvalue weighted by Gasteiger charge is 2.22. The number of nitro groups is 1. The summed E-state index contributed by atoms with van der Waals surface area (Å²) in [5, 5.41) is 23.1. The van der Waals surface area contributed by atoms with Crippen molar-refractivity contribution in [2.75, 3.05) is 20.3 Å². The van der Waals surface area contributed by atoms with Crippen molar-refractivity contribution in [1.29, 1.82) is 5.26 Å². The molecule has 0 radical (unpaired) electrons. The Morgan fingerprint density at radius 1 is 1.52 bits per heavy atom. The van der Waals surface area contributed by atoms with Crippen LogP contribution in [0.2, 0.25) is 0 Å². The van der Waals surface area contributed by atoms with Gasteiger partial charge in [0.1, 0.15) is 11.3 Å². The fraction of sp³-hybridized carbons (Fsp3) is 0.500. The van der Waals surface area contributed by atoms with E-state index in [4.69, 9.17) is 14.7 Å². The molecule has 0 aromatic heterocycles. The zero-order valence-corrected chi connectivity index (χ0v) is 12.4. The van der Waals surface area contributed by atoms with Gasteiger partial charge in [0.2, 0.25) is 0 Å². The van der Waals surface area contributed by atoms with Gasteiger partial charge >= 0.3 is 5.69 Å². The van der Waals surface area contributed by atoms with Crippen LogP contribution in [0, 0.1) is 21.4 Å². The molecule has 0 amide bonds. The van der Waals surface area contributed by atoms with Crippen LogP contribution < -0.4 is 14.8 Å². The molecule has 0 spiro atoms. The maximum absolute atomic E-state index is 10.9. The molecule has 1 aromatic carbocycles. The number of nitro benzene ring substituents is 1. The van der Waals surface area contributed by atoms with Gasteiger partial charge < -0.3 is 9.47 Å². The van der Waals surface area contributed by atoms with Crippen molar-refractivity contribution in [2.45, 2.75) is 25.8 Å². The van der Waals surface area contributed by atoms with E-state index in [1.54, 1.807) is 13.0 Å². The predicted molar refractivity (Wildman–Crippen MR) is 77.5 cm³/mol. The van der Waals surface area contributed by atoms with Gasteiger partial charge in [-0.3, -0.25) is 15.4 Å². The highest BCUT2D eigenvalue weighted by atomic mass is 16.6. The minimum Gasteiger partial charge on any atom is -0.493 e. The number of hydrogen-bond donors (Lipinski definition) is 1. The number of ether oxygens (including phenoxy) is 2. The smallest absolute Gasteiger partial charge is 0.314 e. The summed E-state index contributed by atoms with van der Waals surface area (Å²) < 4.78 is 10.4. The zero-order chi connectivity index (χ0) is 15.9. The second-order valence-corrected chi connectivity index (χ2v) is 4.66. The minimum atomic E-state index is -0.673. The Morgan fingerprint density at radius 3 is 2.76 bits per heavy atom. The van der Waals surface area contributed by atoms with E-state index in [9.17, 15) is 10.1 Å². The molecular weight excluding hydrogens is 274 g/mol. The average Bonchev–Trinajstić information content (AvgIpc) is 2.47. The fourth-order valence-electron chi connectivity index (χ4n) is 1.85. The number of rotatable bonds is 8. The van der Waals surface area contributed by atoms with Crippen LogP contribution in [0.25, 0.3) is 0 Å². The summed E-state index contributed by atoms with van der Waals surface area (Å²) in [4.78, 5) is 10.4. The molecule has 1 aromatic rings. The average molecular weight is 293 g/mol. The van der Waals surface area contributed by atoms with Gasteiger partial charge in [-0.1, -0.05) is 6.92 Å². The van der Waals surface area contributed by atoms with Crippen molar-refractivity contribution in [2.24, 2.45) is 0 Å². The SMILES string of the molecule is CCNC(C)(C#N)CCOc1ccc(OC)c([N+](=O)[O-])c1. The standard InChI is InChI=1S/C14H19N3O4/c1-4-16-14(2,10-15)7-8-21-11-5-6-13(20-3)12(9-11)17(18)19/h5-6,9,16H,4,7-8H2,1-3H3. The number of methoxy groups -OCH3 is 1. The van der Waals surface area contributed by atoms with Gasteiger partial charge in [0.15, 0.2) is 5.75 Å². The van der Waals surface area contributed by atoms with E-state index >= 15 is 0 Å². The lowest BCUT2D eigenvalue weighted by atomic mass is 10.0. The van der Waals surface area contributed by atoms with Gasteiger partial charge in [-0.05, 0) is 25.6 Å². The molecule has 1 atom stereocenters. The Labute approximate surface area is 123 Å². The molecule has 0 fully saturated rings. The van der Waals surface area contributed by atoms with Crippen LogP contribution in [0.5, 0.6) is 11.5 Å². The number of nitrogens with one attached hydrogen (secondary N) is 1. The van der Waals surface area contributed by atoms with Crippen molar-refractivity contribution >= 4 is 5.69 Å². The predicted octanol–water partition coefficient (Wildman–Crippen LogP) is 2.26. The molecule has 7 nitrogen and oxygen atoms in total. The second-order valence-electron chi connectivity index (χ2n) is 4.66. The summed E-state index contributed by atoms with van der Waals surface area (Å²) in [5.41, 5.74) is -0.822. The second kappa shape index (κ2) is 7.45. The lowest BCUT2D eigenvalue weighted by Crippen LogP contribution is -2.42. The summed E-state index contributed by atoms with van der Waals surface area (Å²) in [5.74, 6) is 0.557. The lowest BCUT2D eigenvalue weighted by molar-refractivity contribution is -0.385. The Morgan fingerprint density at radius 2 is 2.24 bits per heavy atom. The van der Waals surface area contributed by atoms with E-state index in [2.05, 4.69) is 11.4 Å². The monoisotopic (exact) mass is 293 g/mol.